The number of nitrogens with zero attached hydrogens (tertiary/aromatic N) is 1. The lowest BCUT2D eigenvalue weighted by Crippen LogP contribution is -1.90. The van der Waals surface area contributed by atoms with E-state index in [1.54, 1.807) is 24.3 Å². The molecular formula is C14H8Cl2FN. The van der Waals surface area contributed by atoms with Gasteiger partial charge in [0.15, 0.2) is 0 Å². The van der Waals surface area contributed by atoms with E-state index < -0.39 is 0 Å². The number of nitriles is 1. The van der Waals surface area contributed by atoms with Crippen LogP contribution in [0.1, 0.15) is 5.56 Å². The zero-order valence-corrected chi connectivity index (χ0v) is 10.8. The minimum atomic E-state index is -0.357. The van der Waals surface area contributed by atoms with Gasteiger partial charge in [-0.3, -0.25) is 0 Å². The van der Waals surface area contributed by atoms with Crippen LogP contribution in [0.4, 0.5) is 4.39 Å². The third-order valence-electron chi connectivity index (χ3n) is 2.57. The van der Waals surface area contributed by atoms with E-state index in [2.05, 4.69) is 0 Å². The molecule has 0 aliphatic carbocycles. The first-order valence-corrected chi connectivity index (χ1v) is 5.98. The molecule has 90 valence electrons. The fraction of sp³-hybridized carbons (Fsp3) is 0.0714. The molecule has 0 radical (unpaired) electrons. The molecule has 2 aromatic carbocycles. The van der Waals surface area contributed by atoms with Crippen LogP contribution in [0.5, 0.6) is 0 Å². The number of hydrogen-bond donors (Lipinski definition) is 0. The molecule has 18 heavy (non-hydrogen) atoms. The first kappa shape index (κ1) is 12.9. The second-order valence-corrected chi connectivity index (χ2v) is 4.58. The number of halogens is 3. The quantitative estimate of drug-likeness (QED) is 0.770. The van der Waals surface area contributed by atoms with Crippen molar-refractivity contribution < 1.29 is 4.39 Å². The lowest BCUT2D eigenvalue weighted by molar-refractivity contribution is 0.626. The van der Waals surface area contributed by atoms with Crippen molar-refractivity contribution in [3.63, 3.8) is 0 Å². The van der Waals surface area contributed by atoms with Gasteiger partial charge in [-0.25, -0.2) is 4.39 Å². The monoisotopic (exact) mass is 279 g/mol. The molecule has 0 spiro atoms. The van der Waals surface area contributed by atoms with Crippen LogP contribution in [-0.2, 0) is 6.42 Å². The standard InChI is InChI=1S/C14H8Cl2FN/c15-13-4-1-9(8-14(13)16)12-3-2-11(17)7-10(12)5-6-18/h1-4,7-8H,5H2. The molecule has 4 heteroatoms. The van der Waals surface area contributed by atoms with E-state index >= 15 is 0 Å². The Hall–Kier alpha value is -1.56. The minimum Gasteiger partial charge on any atom is -0.207 e. The van der Waals surface area contributed by atoms with E-state index in [0.29, 0.717) is 15.6 Å². The molecule has 2 rings (SSSR count). The van der Waals surface area contributed by atoms with E-state index in [1.165, 1.54) is 12.1 Å². The van der Waals surface area contributed by atoms with Gasteiger partial charge in [-0.15, -0.1) is 0 Å². The summed E-state index contributed by atoms with van der Waals surface area (Å²) >= 11 is 11.8. The summed E-state index contributed by atoms with van der Waals surface area (Å²) in [7, 11) is 0. The van der Waals surface area contributed by atoms with Gasteiger partial charge in [-0.2, -0.15) is 5.26 Å². The lowest BCUT2D eigenvalue weighted by atomic mass is 9.98. The van der Waals surface area contributed by atoms with Crippen molar-refractivity contribution in [2.24, 2.45) is 0 Å². The largest absolute Gasteiger partial charge is 0.207 e. The third-order valence-corrected chi connectivity index (χ3v) is 3.31. The Morgan fingerprint density at radius 3 is 2.50 bits per heavy atom. The van der Waals surface area contributed by atoms with Crippen LogP contribution in [0.2, 0.25) is 10.0 Å². The Labute approximate surface area is 114 Å². The molecule has 1 nitrogen and oxygen atoms in total. The summed E-state index contributed by atoms with van der Waals surface area (Å²) in [6, 6.07) is 11.6. The zero-order valence-electron chi connectivity index (χ0n) is 9.25. The van der Waals surface area contributed by atoms with Crippen LogP contribution in [0, 0.1) is 17.1 Å². The molecule has 0 atom stereocenters. The van der Waals surface area contributed by atoms with Gasteiger partial charge in [0.1, 0.15) is 5.82 Å². The van der Waals surface area contributed by atoms with Crippen LogP contribution >= 0.6 is 23.2 Å². The molecule has 0 aromatic heterocycles. The lowest BCUT2D eigenvalue weighted by Gasteiger charge is -2.08. The van der Waals surface area contributed by atoms with Gasteiger partial charge in [0.2, 0.25) is 0 Å². The van der Waals surface area contributed by atoms with E-state index in [4.69, 9.17) is 28.5 Å². The number of rotatable bonds is 2. The van der Waals surface area contributed by atoms with Crippen LogP contribution in [0.15, 0.2) is 36.4 Å². The highest BCUT2D eigenvalue weighted by Gasteiger charge is 2.08. The van der Waals surface area contributed by atoms with Gasteiger partial charge in [0.05, 0.1) is 22.5 Å². The summed E-state index contributed by atoms with van der Waals surface area (Å²) in [5, 5.41) is 9.66. The molecular weight excluding hydrogens is 272 g/mol. The average Bonchev–Trinajstić information content (AvgIpc) is 2.34. The Bertz CT molecular complexity index is 632. The van der Waals surface area contributed by atoms with Crippen molar-refractivity contribution >= 4 is 23.2 Å². The first-order chi connectivity index (χ1) is 8.61. The number of benzene rings is 2. The van der Waals surface area contributed by atoms with Gasteiger partial charge in [-0.05, 0) is 41.0 Å². The second-order valence-electron chi connectivity index (χ2n) is 3.77. The normalized spacial score (nSPS) is 10.1. The van der Waals surface area contributed by atoms with Crippen LogP contribution in [-0.4, -0.2) is 0 Å². The van der Waals surface area contributed by atoms with Crippen molar-refractivity contribution in [2.75, 3.05) is 0 Å². The Balaban J connectivity index is 2.56. The molecule has 0 bridgehead atoms. The van der Waals surface area contributed by atoms with Crippen molar-refractivity contribution in [1.82, 2.24) is 0 Å². The maximum Gasteiger partial charge on any atom is 0.123 e. The molecule has 0 aliphatic rings. The highest BCUT2D eigenvalue weighted by Crippen LogP contribution is 2.30. The highest BCUT2D eigenvalue weighted by molar-refractivity contribution is 6.42. The van der Waals surface area contributed by atoms with Crippen molar-refractivity contribution in [3.8, 4) is 17.2 Å². The van der Waals surface area contributed by atoms with Gasteiger partial charge in [0.25, 0.3) is 0 Å². The molecule has 0 aliphatic heterocycles. The van der Waals surface area contributed by atoms with Gasteiger partial charge in [-0.1, -0.05) is 35.3 Å². The predicted molar refractivity (Wildman–Crippen MR) is 71.2 cm³/mol. The van der Waals surface area contributed by atoms with E-state index in [9.17, 15) is 4.39 Å². The van der Waals surface area contributed by atoms with Crippen molar-refractivity contribution in [1.29, 1.82) is 5.26 Å². The molecule has 0 fully saturated rings. The number of hydrogen-bond acceptors (Lipinski definition) is 1. The van der Waals surface area contributed by atoms with Gasteiger partial charge >= 0.3 is 0 Å². The molecule has 0 heterocycles. The van der Waals surface area contributed by atoms with Gasteiger partial charge < -0.3 is 0 Å². The maximum absolute atomic E-state index is 13.2. The molecule has 0 saturated heterocycles. The van der Waals surface area contributed by atoms with Crippen LogP contribution < -0.4 is 0 Å². The van der Waals surface area contributed by atoms with E-state index in [0.717, 1.165) is 11.1 Å². The second kappa shape index (κ2) is 5.39. The first-order valence-electron chi connectivity index (χ1n) is 5.22. The molecule has 2 aromatic rings. The SMILES string of the molecule is N#CCc1cc(F)ccc1-c1ccc(Cl)c(Cl)c1. The van der Waals surface area contributed by atoms with E-state index in [-0.39, 0.29) is 12.2 Å². The summed E-state index contributed by atoms with van der Waals surface area (Å²) in [6.45, 7) is 0. The zero-order chi connectivity index (χ0) is 13.1. The summed E-state index contributed by atoms with van der Waals surface area (Å²) in [5.74, 6) is -0.357. The highest BCUT2D eigenvalue weighted by atomic mass is 35.5. The Morgan fingerprint density at radius 1 is 1.06 bits per heavy atom. The van der Waals surface area contributed by atoms with Crippen molar-refractivity contribution in [2.45, 2.75) is 6.42 Å². The van der Waals surface area contributed by atoms with Gasteiger partial charge in [0, 0.05) is 0 Å². The fourth-order valence-electron chi connectivity index (χ4n) is 1.74. The molecule has 0 amide bonds. The predicted octanol–water partition coefficient (Wildman–Crippen LogP) is 4.87. The fourth-order valence-corrected chi connectivity index (χ4v) is 2.04. The summed E-state index contributed by atoms with van der Waals surface area (Å²) in [5.41, 5.74) is 2.24. The summed E-state index contributed by atoms with van der Waals surface area (Å²) < 4.78 is 13.2. The molecule has 0 N–H and O–H groups in total. The van der Waals surface area contributed by atoms with Crippen LogP contribution in [0.3, 0.4) is 0 Å². The third kappa shape index (κ3) is 2.64. The van der Waals surface area contributed by atoms with Crippen LogP contribution in [0.25, 0.3) is 11.1 Å². The average molecular weight is 280 g/mol. The smallest absolute Gasteiger partial charge is 0.123 e. The molecule has 0 unspecified atom stereocenters. The maximum atomic E-state index is 13.2. The van der Waals surface area contributed by atoms with Crippen molar-refractivity contribution in [3.05, 3.63) is 57.8 Å². The Kier molecular flexibility index (Phi) is 3.86. The summed E-state index contributed by atoms with van der Waals surface area (Å²) in [4.78, 5) is 0. The summed E-state index contributed by atoms with van der Waals surface area (Å²) in [6.07, 6.45) is 0.146. The van der Waals surface area contributed by atoms with E-state index in [1.807, 2.05) is 6.07 Å². The molecule has 0 saturated carbocycles. The topological polar surface area (TPSA) is 23.8 Å². The Morgan fingerprint density at radius 2 is 1.83 bits per heavy atom. The minimum absolute atomic E-state index is 0.146.